The minimum atomic E-state index is -0.0982. The number of thioether (sulfide) groups is 1. The Kier molecular flexibility index (Phi) is 6.07. The number of amidine groups is 1. The van der Waals surface area contributed by atoms with E-state index in [2.05, 4.69) is 10.2 Å². The lowest BCUT2D eigenvalue weighted by atomic mass is 10.2. The average molecular weight is 367 g/mol. The molecule has 0 bridgehead atoms. The summed E-state index contributed by atoms with van der Waals surface area (Å²) in [7, 11) is 1.64. The van der Waals surface area contributed by atoms with Gasteiger partial charge in [-0.3, -0.25) is 9.69 Å². The number of rotatable bonds is 6. The summed E-state index contributed by atoms with van der Waals surface area (Å²) in [5, 5.41) is 9.03. The van der Waals surface area contributed by atoms with Crippen LogP contribution in [0.1, 0.15) is 24.5 Å². The Hall–Kier alpha value is -2.60. The highest BCUT2D eigenvalue weighted by molar-refractivity contribution is 8.15. The summed E-state index contributed by atoms with van der Waals surface area (Å²) in [6.07, 6.45) is 2.47. The lowest BCUT2D eigenvalue weighted by Crippen LogP contribution is -2.31. The maximum Gasteiger partial charge on any atom is 0.242 e. The van der Waals surface area contributed by atoms with Gasteiger partial charge in [-0.2, -0.15) is 5.10 Å². The predicted octanol–water partition coefficient (Wildman–Crippen LogP) is 3.94. The van der Waals surface area contributed by atoms with E-state index in [0.717, 1.165) is 23.3 Å². The van der Waals surface area contributed by atoms with Gasteiger partial charge in [-0.1, -0.05) is 61.2 Å². The van der Waals surface area contributed by atoms with Gasteiger partial charge >= 0.3 is 0 Å². The van der Waals surface area contributed by atoms with Gasteiger partial charge in [-0.25, -0.2) is 0 Å². The number of nitrogens with zero attached hydrogens (tertiary/aromatic N) is 3. The van der Waals surface area contributed by atoms with Crippen molar-refractivity contribution in [2.45, 2.75) is 25.1 Å². The van der Waals surface area contributed by atoms with Crippen molar-refractivity contribution >= 4 is 29.1 Å². The van der Waals surface area contributed by atoms with Crippen LogP contribution in [0.15, 0.2) is 64.8 Å². The fourth-order valence-electron chi connectivity index (χ4n) is 2.59. The van der Waals surface area contributed by atoms with E-state index in [1.807, 2.05) is 61.5 Å². The third kappa shape index (κ3) is 4.32. The monoisotopic (exact) mass is 367 g/mol. The second-order valence-electron chi connectivity index (χ2n) is 5.83. The van der Waals surface area contributed by atoms with Crippen molar-refractivity contribution in [1.29, 1.82) is 0 Å². The first-order chi connectivity index (χ1) is 12.7. The van der Waals surface area contributed by atoms with E-state index in [-0.39, 0.29) is 11.2 Å². The molecular formula is C20H21N3O2S. The number of carbonyl (C=O) groups excluding carboxylic acids is 1. The first-order valence-corrected chi connectivity index (χ1v) is 9.36. The standard InChI is InChI=1S/C20H21N3O2S/c1-3-18-19(24)23(14-16-9-11-17(25-2)12-10-16)20(26-18)22-21-13-15-7-5-4-6-8-15/h4-13,18H,3,14H2,1-2H3. The predicted molar refractivity (Wildman–Crippen MR) is 107 cm³/mol. The first kappa shape index (κ1) is 18.2. The van der Waals surface area contributed by atoms with E-state index in [1.165, 1.54) is 11.8 Å². The molecule has 134 valence electrons. The quantitative estimate of drug-likeness (QED) is 0.574. The fraction of sp³-hybridized carbons (Fsp3) is 0.250. The molecule has 5 nitrogen and oxygen atoms in total. The second kappa shape index (κ2) is 8.67. The fourth-order valence-corrected chi connectivity index (χ4v) is 3.61. The third-order valence-electron chi connectivity index (χ3n) is 4.04. The summed E-state index contributed by atoms with van der Waals surface area (Å²) in [6, 6.07) is 17.5. The molecule has 1 amide bonds. The normalized spacial score (nSPS) is 18.8. The molecule has 1 atom stereocenters. The van der Waals surface area contributed by atoms with Crippen LogP contribution in [0.2, 0.25) is 0 Å². The second-order valence-corrected chi connectivity index (χ2v) is 6.99. The molecule has 0 N–H and O–H groups in total. The zero-order chi connectivity index (χ0) is 18.4. The lowest BCUT2D eigenvalue weighted by molar-refractivity contribution is -0.126. The Morgan fingerprint density at radius 1 is 1.15 bits per heavy atom. The maximum absolute atomic E-state index is 12.7. The molecule has 2 aromatic carbocycles. The highest BCUT2D eigenvalue weighted by Gasteiger charge is 2.36. The zero-order valence-electron chi connectivity index (χ0n) is 14.8. The summed E-state index contributed by atoms with van der Waals surface area (Å²) in [4.78, 5) is 14.4. The Bertz CT molecular complexity index is 804. The molecule has 3 rings (SSSR count). The van der Waals surface area contributed by atoms with Gasteiger partial charge in [-0.15, -0.1) is 5.10 Å². The summed E-state index contributed by atoms with van der Waals surface area (Å²) in [5.74, 6) is 0.880. The Morgan fingerprint density at radius 3 is 2.54 bits per heavy atom. The molecule has 0 aliphatic carbocycles. The zero-order valence-corrected chi connectivity index (χ0v) is 15.6. The van der Waals surface area contributed by atoms with Gasteiger partial charge in [0.2, 0.25) is 5.91 Å². The van der Waals surface area contributed by atoms with Gasteiger partial charge in [-0.05, 0) is 29.7 Å². The molecular weight excluding hydrogens is 346 g/mol. The van der Waals surface area contributed by atoms with Crippen LogP contribution in [0.5, 0.6) is 5.75 Å². The number of carbonyl (C=O) groups is 1. The molecule has 0 saturated carbocycles. The summed E-state index contributed by atoms with van der Waals surface area (Å²) < 4.78 is 5.18. The molecule has 1 aliphatic rings. The highest BCUT2D eigenvalue weighted by Crippen LogP contribution is 2.31. The number of hydrogen-bond donors (Lipinski definition) is 0. The SMILES string of the molecule is CCC1SC(=NN=Cc2ccccc2)N(Cc2ccc(OC)cc2)C1=O. The van der Waals surface area contributed by atoms with Crippen LogP contribution in [0, 0.1) is 0 Å². The molecule has 2 aromatic rings. The van der Waals surface area contributed by atoms with E-state index >= 15 is 0 Å². The van der Waals surface area contributed by atoms with Crippen LogP contribution >= 0.6 is 11.8 Å². The molecule has 0 aromatic heterocycles. The number of ether oxygens (including phenoxy) is 1. The van der Waals surface area contributed by atoms with Crippen LogP contribution in [-0.4, -0.2) is 34.5 Å². The highest BCUT2D eigenvalue weighted by atomic mass is 32.2. The Balaban J connectivity index is 1.78. The van der Waals surface area contributed by atoms with Gasteiger partial charge in [0.1, 0.15) is 5.75 Å². The van der Waals surface area contributed by atoms with E-state index in [4.69, 9.17) is 4.74 Å². The van der Waals surface area contributed by atoms with Crippen LogP contribution in [-0.2, 0) is 11.3 Å². The molecule has 1 aliphatic heterocycles. The number of amides is 1. The van der Waals surface area contributed by atoms with Crippen LogP contribution in [0.3, 0.4) is 0 Å². The van der Waals surface area contributed by atoms with Gasteiger partial charge in [0, 0.05) is 0 Å². The maximum atomic E-state index is 12.7. The van der Waals surface area contributed by atoms with Gasteiger partial charge in [0.15, 0.2) is 5.17 Å². The molecule has 1 saturated heterocycles. The summed E-state index contributed by atoms with van der Waals surface area (Å²) in [5.41, 5.74) is 2.00. The average Bonchev–Trinajstić information content (AvgIpc) is 2.98. The number of benzene rings is 2. The molecule has 1 heterocycles. The summed E-state index contributed by atoms with van der Waals surface area (Å²) in [6.45, 7) is 2.49. The van der Waals surface area contributed by atoms with Crippen molar-refractivity contribution in [2.75, 3.05) is 7.11 Å². The van der Waals surface area contributed by atoms with Crippen molar-refractivity contribution in [3.8, 4) is 5.75 Å². The number of hydrogen-bond acceptors (Lipinski definition) is 5. The van der Waals surface area contributed by atoms with Gasteiger partial charge in [0.25, 0.3) is 0 Å². The lowest BCUT2D eigenvalue weighted by Gasteiger charge is -2.16. The van der Waals surface area contributed by atoms with Crippen LogP contribution in [0.25, 0.3) is 0 Å². The van der Waals surface area contributed by atoms with E-state index in [9.17, 15) is 4.79 Å². The minimum absolute atomic E-state index is 0.0852. The Labute approximate surface area is 157 Å². The van der Waals surface area contributed by atoms with Gasteiger partial charge in [0.05, 0.1) is 25.1 Å². The van der Waals surface area contributed by atoms with E-state index in [1.54, 1.807) is 18.2 Å². The van der Waals surface area contributed by atoms with Crippen LogP contribution < -0.4 is 4.74 Å². The molecule has 1 fully saturated rings. The third-order valence-corrected chi connectivity index (χ3v) is 5.37. The largest absolute Gasteiger partial charge is 0.497 e. The van der Waals surface area contributed by atoms with Crippen LogP contribution in [0.4, 0.5) is 0 Å². The van der Waals surface area contributed by atoms with Crippen molar-refractivity contribution in [3.05, 3.63) is 65.7 Å². The van der Waals surface area contributed by atoms with Crippen molar-refractivity contribution < 1.29 is 9.53 Å². The summed E-state index contributed by atoms with van der Waals surface area (Å²) >= 11 is 1.48. The van der Waals surface area contributed by atoms with Crippen molar-refractivity contribution in [3.63, 3.8) is 0 Å². The van der Waals surface area contributed by atoms with Gasteiger partial charge < -0.3 is 4.74 Å². The Morgan fingerprint density at radius 2 is 1.88 bits per heavy atom. The first-order valence-electron chi connectivity index (χ1n) is 8.48. The molecule has 1 unspecified atom stereocenters. The topological polar surface area (TPSA) is 54.3 Å². The van der Waals surface area contributed by atoms with Crippen molar-refractivity contribution in [2.24, 2.45) is 10.2 Å². The van der Waals surface area contributed by atoms with E-state index < -0.39 is 0 Å². The molecule has 0 spiro atoms. The smallest absolute Gasteiger partial charge is 0.242 e. The minimum Gasteiger partial charge on any atom is -0.497 e. The van der Waals surface area contributed by atoms with Crippen molar-refractivity contribution in [1.82, 2.24) is 4.90 Å². The molecule has 0 radical (unpaired) electrons. The van der Waals surface area contributed by atoms with E-state index in [0.29, 0.717) is 11.7 Å². The number of methoxy groups -OCH3 is 1. The molecule has 26 heavy (non-hydrogen) atoms. The molecule has 6 heteroatoms.